The van der Waals surface area contributed by atoms with Crippen LogP contribution in [0.2, 0.25) is 10.0 Å². The van der Waals surface area contributed by atoms with Crippen molar-refractivity contribution in [1.29, 1.82) is 0 Å². The number of halogens is 3. The monoisotopic (exact) mass is 369 g/mol. The molecule has 1 N–H and O–H groups in total. The highest BCUT2D eigenvalue weighted by molar-refractivity contribution is 6.36. The van der Waals surface area contributed by atoms with Crippen LogP contribution in [0.3, 0.4) is 0 Å². The normalized spacial score (nSPS) is 10.9. The highest BCUT2D eigenvalue weighted by Crippen LogP contribution is 2.24. The van der Waals surface area contributed by atoms with Gasteiger partial charge in [0.25, 0.3) is 5.91 Å². The van der Waals surface area contributed by atoms with Crippen molar-refractivity contribution in [1.82, 2.24) is 5.32 Å². The second-order valence-electron chi connectivity index (χ2n) is 5.56. The molecule has 0 aromatic heterocycles. The molecular formula is C18H18Cl2FNO2. The van der Waals surface area contributed by atoms with Crippen molar-refractivity contribution in [2.24, 2.45) is 0 Å². The Hall–Kier alpha value is -1.62. The predicted octanol–water partition coefficient (Wildman–Crippen LogP) is 4.99. The van der Waals surface area contributed by atoms with Gasteiger partial charge < -0.3 is 10.1 Å². The first kappa shape index (κ1) is 18.7. The molecule has 0 unspecified atom stereocenters. The molecule has 0 aliphatic heterocycles. The summed E-state index contributed by atoms with van der Waals surface area (Å²) in [5.74, 6) is -1.15. The number of hydrogen-bond donors (Lipinski definition) is 1. The lowest BCUT2D eigenvalue weighted by Gasteiger charge is -2.13. The van der Waals surface area contributed by atoms with Crippen LogP contribution in [0.25, 0.3) is 0 Å². The Morgan fingerprint density at radius 1 is 1.17 bits per heavy atom. The molecule has 0 heterocycles. The molecule has 0 spiro atoms. The van der Waals surface area contributed by atoms with Gasteiger partial charge in [0, 0.05) is 6.54 Å². The maximum absolute atomic E-state index is 13.5. The minimum absolute atomic E-state index is 0.0504. The third kappa shape index (κ3) is 4.94. The minimum Gasteiger partial charge on any atom is -0.374 e. The van der Waals surface area contributed by atoms with Gasteiger partial charge in [0.15, 0.2) is 0 Å². The van der Waals surface area contributed by atoms with E-state index in [4.69, 9.17) is 27.9 Å². The molecule has 0 aliphatic carbocycles. The topological polar surface area (TPSA) is 38.3 Å². The zero-order valence-corrected chi connectivity index (χ0v) is 14.9. The van der Waals surface area contributed by atoms with Gasteiger partial charge >= 0.3 is 0 Å². The van der Waals surface area contributed by atoms with Crippen molar-refractivity contribution in [3.05, 3.63) is 69.0 Å². The Morgan fingerprint density at radius 2 is 1.83 bits per heavy atom. The first-order chi connectivity index (χ1) is 11.4. The van der Waals surface area contributed by atoms with Gasteiger partial charge in [-0.25, -0.2) is 4.39 Å². The molecule has 0 aliphatic rings. The highest BCUT2D eigenvalue weighted by atomic mass is 35.5. The molecule has 0 radical (unpaired) electrons. The van der Waals surface area contributed by atoms with Crippen molar-refractivity contribution in [3.8, 4) is 0 Å². The van der Waals surface area contributed by atoms with E-state index in [1.165, 1.54) is 6.07 Å². The van der Waals surface area contributed by atoms with Crippen LogP contribution >= 0.6 is 23.2 Å². The van der Waals surface area contributed by atoms with E-state index in [9.17, 15) is 9.18 Å². The summed E-state index contributed by atoms with van der Waals surface area (Å²) in [6.07, 6.45) is 0.114. The quantitative estimate of drug-likeness (QED) is 0.728. The molecule has 0 saturated heterocycles. The second-order valence-corrected chi connectivity index (χ2v) is 6.37. The Kier molecular flexibility index (Phi) is 6.60. The van der Waals surface area contributed by atoms with E-state index < -0.39 is 11.7 Å². The summed E-state index contributed by atoms with van der Waals surface area (Å²) in [6.45, 7) is 4.67. The standard InChI is InChI=1S/C18H18Cl2FNO2/c1-11(2)24-10-13-6-4-3-5-12(13)9-22-18(23)14-7-17(21)16(20)8-15(14)19/h3-8,11H,9-10H2,1-2H3,(H,22,23). The third-order valence-corrected chi connectivity index (χ3v) is 3.99. The van der Waals surface area contributed by atoms with Gasteiger partial charge in [-0.1, -0.05) is 47.5 Å². The molecule has 0 saturated carbocycles. The van der Waals surface area contributed by atoms with Gasteiger partial charge in [-0.2, -0.15) is 0 Å². The SMILES string of the molecule is CC(C)OCc1ccccc1CNC(=O)c1cc(F)c(Cl)cc1Cl. The average molecular weight is 370 g/mol. The number of amides is 1. The lowest BCUT2D eigenvalue weighted by atomic mass is 10.1. The molecular weight excluding hydrogens is 352 g/mol. The third-order valence-electron chi connectivity index (χ3n) is 3.38. The summed E-state index contributed by atoms with van der Waals surface area (Å²) in [5, 5.41) is 2.73. The van der Waals surface area contributed by atoms with Gasteiger partial charge in [-0.05, 0) is 37.1 Å². The summed E-state index contributed by atoms with van der Waals surface area (Å²) < 4.78 is 19.1. The zero-order valence-electron chi connectivity index (χ0n) is 13.4. The molecule has 2 aromatic rings. The van der Waals surface area contributed by atoms with Crippen molar-refractivity contribution < 1.29 is 13.9 Å². The van der Waals surface area contributed by atoms with Crippen LogP contribution in [-0.2, 0) is 17.9 Å². The number of carbonyl (C=O) groups excluding carboxylic acids is 1. The molecule has 2 rings (SSSR count). The van der Waals surface area contributed by atoms with Gasteiger partial charge in [-0.15, -0.1) is 0 Å². The predicted molar refractivity (Wildman–Crippen MR) is 94.0 cm³/mol. The summed E-state index contributed by atoms with van der Waals surface area (Å²) in [4.78, 5) is 12.2. The summed E-state index contributed by atoms with van der Waals surface area (Å²) in [6, 6.07) is 9.90. The number of nitrogens with one attached hydrogen (secondary N) is 1. The van der Waals surface area contributed by atoms with Crippen LogP contribution in [0.15, 0.2) is 36.4 Å². The maximum Gasteiger partial charge on any atom is 0.253 e. The lowest BCUT2D eigenvalue weighted by Crippen LogP contribution is -2.24. The molecule has 3 nitrogen and oxygen atoms in total. The van der Waals surface area contributed by atoms with Crippen LogP contribution in [0, 0.1) is 5.82 Å². The fourth-order valence-corrected chi connectivity index (χ4v) is 2.56. The van der Waals surface area contributed by atoms with E-state index in [-0.39, 0.29) is 28.3 Å². The smallest absolute Gasteiger partial charge is 0.253 e. The zero-order chi connectivity index (χ0) is 17.7. The van der Waals surface area contributed by atoms with Crippen molar-refractivity contribution in [2.45, 2.75) is 33.1 Å². The van der Waals surface area contributed by atoms with Crippen LogP contribution < -0.4 is 5.32 Å². The largest absolute Gasteiger partial charge is 0.374 e. The minimum atomic E-state index is -0.683. The Balaban J connectivity index is 2.08. The Labute approximate surface area is 150 Å². The van der Waals surface area contributed by atoms with Crippen molar-refractivity contribution in [2.75, 3.05) is 0 Å². The van der Waals surface area contributed by atoms with Crippen LogP contribution in [0.1, 0.15) is 35.3 Å². The number of carbonyl (C=O) groups is 1. The van der Waals surface area contributed by atoms with Gasteiger partial charge in [0.2, 0.25) is 0 Å². The van der Waals surface area contributed by atoms with Gasteiger partial charge in [0.05, 0.1) is 28.3 Å². The fraction of sp³-hybridized carbons (Fsp3) is 0.278. The first-order valence-corrected chi connectivity index (χ1v) is 8.25. The molecule has 1 amide bonds. The molecule has 128 valence electrons. The number of ether oxygens (including phenoxy) is 1. The molecule has 0 fully saturated rings. The van der Waals surface area contributed by atoms with E-state index in [0.717, 1.165) is 17.2 Å². The Bertz CT molecular complexity index is 735. The van der Waals surface area contributed by atoms with Crippen LogP contribution in [-0.4, -0.2) is 12.0 Å². The summed E-state index contributed by atoms with van der Waals surface area (Å²) in [7, 11) is 0. The van der Waals surface area contributed by atoms with E-state index in [0.29, 0.717) is 6.61 Å². The number of benzene rings is 2. The summed E-state index contributed by atoms with van der Waals surface area (Å²) in [5.41, 5.74) is 1.96. The molecule has 2 aromatic carbocycles. The van der Waals surface area contributed by atoms with Crippen molar-refractivity contribution >= 4 is 29.1 Å². The van der Waals surface area contributed by atoms with E-state index >= 15 is 0 Å². The maximum atomic E-state index is 13.5. The molecule has 0 bridgehead atoms. The van der Waals surface area contributed by atoms with E-state index in [1.807, 2.05) is 38.1 Å². The Morgan fingerprint density at radius 3 is 2.50 bits per heavy atom. The summed E-state index contributed by atoms with van der Waals surface area (Å²) >= 11 is 11.6. The van der Waals surface area contributed by atoms with Gasteiger partial charge in [0.1, 0.15) is 5.82 Å². The highest BCUT2D eigenvalue weighted by Gasteiger charge is 2.14. The van der Waals surface area contributed by atoms with Gasteiger partial charge in [-0.3, -0.25) is 4.79 Å². The number of hydrogen-bond acceptors (Lipinski definition) is 2. The van der Waals surface area contributed by atoms with E-state index in [2.05, 4.69) is 5.32 Å². The first-order valence-electron chi connectivity index (χ1n) is 7.49. The van der Waals surface area contributed by atoms with Crippen LogP contribution in [0.4, 0.5) is 4.39 Å². The molecule has 24 heavy (non-hydrogen) atoms. The fourth-order valence-electron chi connectivity index (χ4n) is 2.09. The average Bonchev–Trinajstić information content (AvgIpc) is 2.54. The van der Waals surface area contributed by atoms with E-state index in [1.54, 1.807) is 0 Å². The second kappa shape index (κ2) is 8.47. The van der Waals surface area contributed by atoms with Crippen molar-refractivity contribution in [3.63, 3.8) is 0 Å². The number of rotatable bonds is 6. The molecule has 0 atom stereocenters. The molecule has 6 heteroatoms. The van der Waals surface area contributed by atoms with Crippen LogP contribution in [0.5, 0.6) is 0 Å². The lowest BCUT2D eigenvalue weighted by molar-refractivity contribution is 0.0651.